The highest BCUT2D eigenvalue weighted by atomic mass is 19.1. The van der Waals surface area contributed by atoms with Crippen molar-refractivity contribution in [2.45, 2.75) is 32.2 Å². The number of aromatic nitrogens is 3. The summed E-state index contributed by atoms with van der Waals surface area (Å²) >= 11 is 0. The van der Waals surface area contributed by atoms with Crippen LogP contribution in [0.2, 0.25) is 0 Å². The molecule has 9 heteroatoms. The average molecular weight is 406 g/mol. The Morgan fingerprint density at radius 2 is 2.10 bits per heavy atom. The fourth-order valence-electron chi connectivity index (χ4n) is 3.36. The molecule has 2 amide bonds. The Kier molecular flexibility index (Phi) is 4.23. The van der Waals surface area contributed by atoms with Gasteiger partial charge in [0.05, 0.1) is 12.6 Å². The fourth-order valence-corrected chi connectivity index (χ4v) is 3.36. The van der Waals surface area contributed by atoms with Gasteiger partial charge in [-0.15, -0.1) is 0 Å². The van der Waals surface area contributed by atoms with Crippen molar-refractivity contribution in [1.29, 1.82) is 0 Å². The van der Waals surface area contributed by atoms with E-state index in [4.69, 9.17) is 0 Å². The lowest BCUT2D eigenvalue weighted by Gasteiger charge is -2.12. The molecule has 2 fully saturated rings. The van der Waals surface area contributed by atoms with E-state index in [2.05, 4.69) is 26.0 Å². The third-order valence-electron chi connectivity index (χ3n) is 5.08. The van der Waals surface area contributed by atoms with Crippen molar-refractivity contribution in [3.8, 4) is 0 Å². The molecular formula is C21H19FN6O2. The third-order valence-corrected chi connectivity index (χ3v) is 5.08. The first kappa shape index (κ1) is 18.3. The second kappa shape index (κ2) is 6.94. The van der Waals surface area contributed by atoms with Gasteiger partial charge < -0.3 is 10.6 Å². The van der Waals surface area contributed by atoms with E-state index in [0.29, 0.717) is 39.9 Å². The summed E-state index contributed by atoms with van der Waals surface area (Å²) in [6, 6.07) is 7.00. The van der Waals surface area contributed by atoms with Crippen molar-refractivity contribution in [3.63, 3.8) is 0 Å². The molecule has 3 heterocycles. The Morgan fingerprint density at radius 1 is 1.27 bits per heavy atom. The first-order chi connectivity index (χ1) is 14.5. The summed E-state index contributed by atoms with van der Waals surface area (Å²) < 4.78 is 15.3. The average Bonchev–Trinajstić information content (AvgIpc) is 3.34. The van der Waals surface area contributed by atoms with Crippen molar-refractivity contribution in [1.82, 2.24) is 19.9 Å². The zero-order valence-corrected chi connectivity index (χ0v) is 16.2. The van der Waals surface area contributed by atoms with Gasteiger partial charge in [-0.1, -0.05) is 0 Å². The molecule has 0 radical (unpaired) electrons. The maximum atomic E-state index is 13.6. The summed E-state index contributed by atoms with van der Waals surface area (Å²) in [6.07, 6.45) is 5.47. The number of imide groups is 1. The number of anilines is 3. The molecule has 0 atom stereocenters. The first-order valence-electron chi connectivity index (χ1n) is 9.69. The summed E-state index contributed by atoms with van der Waals surface area (Å²) in [6.45, 7) is 1.70. The van der Waals surface area contributed by atoms with Gasteiger partial charge in [0.2, 0.25) is 5.91 Å². The van der Waals surface area contributed by atoms with E-state index in [-0.39, 0.29) is 18.1 Å². The molecule has 152 valence electrons. The minimum Gasteiger partial charge on any atom is -0.367 e. The molecular weight excluding hydrogens is 387 g/mol. The van der Waals surface area contributed by atoms with E-state index in [1.807, 2.05) is 6.07 Å². The molecule has 1 saturated carbocycles. The minimum atomic E-state index is -0.397. The zero-order valence-electron chi connectivity index (χ0n) is 16.2. The highest BCUT2D eigenvalue weighted by Gasteiger charge is 2.25. The molecule has 1 aliphatic carbocycles. The monoisotopic (exact) mass is 406 g/mol. The minimum absolute atomic E-state index is 0.0378. The number of carbonyl (C=O) groups excluding carboxylic acids is 2. The topological polar surface area (TPSA) is 100 Å². The Labute approximate surface area is 171 Å². The molecule has 0 spiro atoms. The fraction of sp³-hybridized carbons (Fsp3) is 0.238. The van der Waals surface area contributed by atoms with Crippen LogP contribution in [0.25, 0.3) is 11.7 Å². The number of nitrogens with one attached hydrogen (secondary N) is 3. The zero-order chi connectivity index (χ0) is 20.8. The molecule has 2 aliphatic rings. The Morgan fingerprint density at radius 3 is 2.80 bits per heavy atom. The molecule has 3 N–H and O–H groups in total. The van der Waals surface area contributed by atoms with E-state index in [1.165, 1.54) is 6.07 Å². The number of halogens is 1. The van der Waals surface area contributed by atoms with Crippen LogP contribution in [0.15, 0.2) is 36.0 Å². The van der Waals surface area contributed by atoms with Gasteiger partial charge in [0.25, 0.3) is 5.91 Å². The lowest BCUT2D eigenvalue weighted by Crippen LogP contribution is -2.19. The molecule has 1 aliphatic heterocycles. The van der Waals surface area contributed by atoms with Crippen LogP contribution in [0.4, 0.5) is 21.7 Å². The third kappa shape index (κ3) is 3.49. The number of rotatable bonds is 5. The number of hydrogen-bond acceptors (Lipinski definition) is 6. The summed E-state index contributed by atoms with van der Waals surface area (Å²) in [4.78, 5) is 28.1. The maximum absolute atomic E-state index is 13.6. The highest BCUT2D eigenvalue weighted by Crippen LogP contribution is 2.29. The Hall–Kier alpha value is -3.75. The molecule has 5 rings (SSSR count). The van der Waals surface area contributed by atoms with Gasteiger partial charge in [0, 0.05) is 28.9 Å². The Bertz CT molecular complexity index is 1230. The molecule has 3 aromatic rings. The lowest BCUT2D eigenvalue weighted by molar-refractivity contribution is -0.124. The van der Waals surface area contributed by atoms with Crippen LogP contribution in [0, 0.1) is 12.7 Å². The van der Waals surface area contributed by atoms with Crippen molar-refractivity contribution in [2.24, 2.45) is 0 Å². The van der Waals surface area contributed by atoms with Crippen LogP contribution in [-0.2, 0) is 9.59 Å². The smallest absolute Gasteiger partial charge is 0.254 e. The summed E-state index contributed by atoms with van der Waals surface area (Å²) in [5, 5.41) is 13.3. The SMILES string of the molecule is Cc1cc(Nc2cc(NC3CC3)n3ncc(/C=C4\CC(=O)NC4=O)c3n2)ccc1F. The van der Waals surface area contributed by atoms with Crippen LogP contribution < -0.4 is 16.0 Å². The van der Waals surface area contributed by atoms with Crippen molar-refractivity contribution >= 4 is 40.9 Å². The van der Waals surface area contributed by atoms with Crippen LogP contribution in [0.5, 0.6) is 0 Å². The van der Waals surface area contributed by atoms with Gasteiger partial charge in [-0.25, -0.2) is 9.37 Å². The van der Waals surface area contributed by atoms with Crippen molar-refractivity contribution < 1.29 is 14.0 Å². The quantitative estimate of drug-likeness (QED) is 0.445. The number of fused-ring (bicyclic) bond motifs is 1. The summed E-state index contributed by atoms with van der Waals surface area (Å²) in [5.74, 6) is 0.339. The van der Waals surface area contributed by atoms with Gasteiger partial charge in [0.15, 0.2) is 5.65 Å². The highest BCUT2D eigenvalue weighted by molar-refractivity contribution is 6.15. The van der Waals surface area contributed by atoms with Gasteiger partial charge in [-0.3, -0.25) is 14.9 Å². The predicted octanol–water partition coefficient (Wildman–Crippen LogP) is 2.92. The van der Waals surface area contributed by atoms with Crippen molar-refractivity contribution in [2.75, 3.05) is 10.6 Å². The van der Waals surface area contributed by atoms with Crippen LogP contribution >= 0.6 is 0 Å². The largest absolute Gasteiger partial charge is 0.367 e. The number of amides is 2. The number of nitrogens with zero attached hydrogens (tertiary/aromatic N) is 3. The first-order valence-corrected chi connectivity index (χ1v) is 9.69. The van der Waals surface area contributed by atoms with Gasteiger partial charge in [-0.05, 0) is 49.6 Å². The number of carbonyl (C=O) groups is 2. The van der Waals surface area contributed by atoms with E-state index in [1.54, 1.807) is 35.8 Å². The number of hydrogen-bond donors (Lipinski definition) is 3. The molecule has 1 aromatic carbocycles. The normalized spacial score (nSPS) is 17.6. The molecule has 0 bridgehead atoms. The van der Waals surface area contributed by atoms with E-state index >= 15 is 0 Å². The van der Waals surface area contributed by atoms with Crippen LogP contribution in [-0.4, -0.2) is 32.5 Å². The van der Waals surface area contributed by atoms with Gasteiger partial charge >= 0.3 is 0 Å². The van der Waals surface area contributed by atoms with E-state index < -0.39 is 5.91 Å². The van der Waals surface area contributed by atoms with Crippen molar-refractivity contribution in [3.05, 3.63) is 53.0 Å². The standard InChI is InChI=1S/C21H19FN6O2/c1-11-6-15(4-5-16(11)22)24-17-9-18(25-14-2-3-14)28-20(26-17)13(10-23-28)7-12-8-19(29)27-21(12)30/h4-7,9-10,14,25H,2-3,8H2,1H3,(H,24,26)(H,27,29,30)/b12-7+. The van der Waals surface area contributed by atoms with Gasteiger partial charge in [-0.2, -0.15) is 9.61 Å². The number of benzene rings is 1. The van der Waals surface area contributed by atoms with Crippen LogP contribution in [0.1, 0.15) is 30.4 Å². The van der Waals surface area contributed by atoms with Gasteiger partial charge in [0.1, 0.15) is 17.5 Å². The molecule has 1 saturated heterocycles. The van der Waals surface area contributed by atoms with Crippen LogP contribution in [0.3, 0.4) is 0 Å². The second-order valence-electron chi connectivity index (χ2n) is 7.59. The summed E-state index contributed by atoms with van der Waals surface area (Å²) in [7, 11) is 0. The number of aryl methyl sites for hydroxylation is 1. The molecule has 0 unspecified atom stereocenters. The van der Waals surface area contributed by atoms with E-state index in [0.717, 1.165) is 18.7 Å². The maximum Gasteiger partial charge on any atom is 0.254 e. The molecule has 8 nitrogen and oxygen atoms in total. The van der Waals surface area contributed by atoms with E-state index in [9.17, 15) is 14.0 Å². The predicted molar refractivity (Wildman–Crippen MR) is 110 cm³/mol. The Balaban J connectivity index is 1.57. The second-order valence-corrected chi connectivity index (χ2v) is 7.59. The summed E-state index contributed by atoms with van der Waals surface area (Å²) in [5.41, 5.74) is 2.79. The molecule has 2 aromatic heterocycles. The molecule has 30 heavy (non-hydrogen) atoms. The lowest BCUT2D eigenvalue weighted by atomic mass is 10.1.